The van der Waals surface area contributed by atoms with Crippen LogP contribution < -0.4 is 5.73 Å². The number of nitrogen functional groups attached to an aromatic ring is 1. The molecule has 1 heterocycles. The normalized spacial score (nSPS) is 19.1. The Morgan fingerprint density at radius 1 is 1.41 bits per heavy atom. The average molecular weight is 231 g/mol. The third kappa shape index (κ3) is 2.25. The van der Waals surface area contributed by atoms with E-state index in [4.69, 9.17) is 5.73 Å². The third-order valence-corrected chi connectivity index (χ3v) is 3.47. The molecule has 0 saturated heterocycles. The highest BCUT2D eigenvalue weighted by Gasteiger charge is 2.37. The number of aromatic nitrogens is 1. The first-order valence-corrected chi connectivity index (χ1v) is 6.27. The van der Waals surface area contributed by atoms with Crippen molar-refractivity contribution < 1.29 is 4.79 Å². The predicted octanol–water partition coefficient (Wildman–Crippen LogP) is 1.68. The molecule has 2 N–H and O–H groups in total. The molecule has 0 aliphatic heterocycles. The van der Waals surface area contributed by atoms with Crippen molar-refractivity contribution in [3.63, 3.8) is 0 Å². The molecule has 2 fully saturated rings. The summed E-state index contributed by atoms with van der Waals surface area (Å²) in [5, 5.41) is 0. The first kappa shape index (κ1) is 10.6. The molecular formula is C13H17N3O. The van der Waals surface area contributed by atoms with E-state index in [9.17, 15) is 4.79 Å². The Morgan fingerprint density at radius 2 is 2.18 bits per heavy atom. The van der Waals surface area contributed by atoms with E-state index in [1.54, 1.807) is 18.3 Å². The van der Waals surface area contributed by atoms with E-state index >= 15 is 0 Å². The average Bonchev–Trinajstić information content (AvgIpc) is 3.17. The summed E-state index contributed by atoms with van der Waals surface area (Å²) in [6.07, 6.45) is 6.42. The van der Waals surface area contributed by atoms with Gasteiger partial charge in [-0.1, -0.05) is 0 Å². The minimum atomic E-state index is 0.0602. The highest BCUT2D eigenvalue weighted by atomic mass is 16.2. The molecule has 0 spiro atoms. The molecule has 0 aromatic carbocycles. The molecule has 4 heteroatoms. The van der Waals surface area contributed by atoms with E-state index in [1.165, 1.54) is 12.8 Å². The SMILES string of the molecule is Nc1ncccc1C(=O)N(CC1CC1)C1CC1. The Kier molecular flexibility index (Phi) is 2.50. The van der Waals surface area contributed by atoms with Crippen molar-refractivity contribution in [3.8, 4) is 0 Å². The maximum Gasteiger partial charge on any atom is 0.257 e. The van der Waals surface area contributed by atoms with Crippen LogP contribution in [-0.2, 0) is 0 Å². The van der Waals surface area contributed by atoms with E-state index < -0.39 is 0 Å². The number of nitrogens with two attached hydrogens (primary N) is 1. The van der Waals surface area contributed by atoms with Gasteiger partial charge in [0.25, 0.3) is 5.91 Å². The molecule has 2 aliphatic rings. The van der Waals surface area contributed by atoms with Gasteiger partial charge < -0.3 is 10.6 Å². The molecular weight excluding hydrogens is 214 g/mol. The maximum atomic E-state index is 12.4. The van der Waals surface area contributed by atoms with E-state index in [1.807, 2.05) is 4.90 Å². The zero-order chi connectivity index (χ0) is 11.8. The van der Waals surface area contributed by atoms with Gasteiger partial charge >= 0.3 is 0 Å². The van der Waals surface area contributed by atoms with Crippen LogP contribution in [0.3, 0.4) is 0 Å². The second kappa shape index (κ2) is 4.02. The van der Waals surface area contributed by atoms with Gasteiger partial charge in [0.2, 0.25) is 0 Å². The predicted molar refractivity (Wildman–Crippen MR) is 65.4 cm³/mol. The number of rotatable bonds is 4. The summed E-state index contributed by atoms with van der Waals surface area (Å²) in [5.74, 6) is 1.13. The van der Waals surface area contributed by atoms with Gasteiger partial charge in [0.15, 0.2) is 0 Å². The summed E-state index contributed by atoms with van der Waals surface area (Å²) in [6.45, 7) is 0.901. The molecule has 3 rings (SSSR count). The molecule has 0 radical (unpaired) electrons. The summed E-state index contributed by atoms with van der Waals surface area (Å²) in [7, 11) is 0. The van der Waals surface area contributed by atoms with E-state index in [-0.39, 0.29) is 5.91 Å². The molecule has 0 bridgehead atoms. The summed E-state index contributed by atoms with van der Waals surface area (Å²) in [6, 6.07) is 3.99. The molecule has 1 aromatic heterocycles. The van der Waals surface area contributed by atoms with Crippen LogP contribution in [0, 0.1) is 5.92 Å². The van der Waals surface area contributed by atoms with Gasteiger partial charge in [-0.3, -0.25) is 4.79 Å². The number of nitrogens with zero attached hydrogens (tertiary/aromatic N) is 2. The smallest absolute Gasteiger partial charge is 0.257 e. The van der Waals surface area contributed by atoms with E-state index in [0.29, 0.717) is 17.4 Å². The van der Waals surface area contributed by atoms with Gasteiger partial charge in [0, 0.05) is 18.8 Å². The molecule has 4 nitrogen and oxygen atoms in total. The third-order valence-electron chi connectivity index (χ3n) is 3.47. The molecule has 0 atom stereocenters. The van der Waals surface area contributed by atoms with Gasteiger partial charge in [-0.15, -0.1) is 0 Å². The van der Waals surface area contributed by atoms with E-state index in [0.717, 1.165) is 25.3 Å². The number of hydrogen-bond acceptors (Lipinski definition) is 3. The van der Waals surface area contributed by atoms with Gasteiger partial charge in [-0.2, -0.15) is 0 Å². The van der Waals surface area contributed by atoms with Crippen molar-refractivity contribution >= 4 is 11.7 Å². The van der Waals surface area contributed by atoms with Crippen LogP contribution in [0.1, 0.15) is 36.0 Å². The summed E-state index contributed by atoms with van der Waals surface area (Å²) in [5.41, 5.74) is 6.32. The van der Waals surface area contributed by atoms with Crippen molar-refractivity contribution in [2.24, 2.45) is 5.92 Å². The van der Waals surface area contributed by atoms with Crippen LogP contribution in [0.2, 0.25) is 0 Å². The standard InChI is InChI=1S/C13H17N3O/c14-12-11(2-1-7-15-12)13(17)16(10-5-6-10)8-9-3-4-9/h1-2,7,9-10H,3-6,8H2,(H2,14,15). The first-order chi connectivity index (χ1) is 8.25. The molecule has 0 unspecified atom stereocenters. The first-order valence-electron chi connectivity index (χ1n) is 6.27. The Labute approximate surface area is 101 Å². The lowest BCUT2D eigenvalue weighted by Crippen LogP contribution is -2.35. The van der Waals surface area contributed by atoms with Crippen LogP contribution in [-0.4, -0.2) is 28.4 Å². The fraction of sp³-hybridized carbons (Fsp3) is 0.538. The van der Waals surface area contributed by atoms with Crippen molar-refractivity contribution in [2.75, 3.05) is 12.3 Å². The van der Waals surface area contributed by atoms with Crippen molar-refractivity contribution in [3.05, 3.63) is 23.9 Å². The van der Waals surface area contributed by atoms with Crippen LogP contribution in [0.25, 0.3) is 0 Å². The quantitative estimate of drug-likeness (QED) is 0.857. The van der Waals surface area contributed by atoms with Crippen LogP contribution >= 0.6 is 0 Å². The highest BCUT2D eigenvalue weighted by Crippen LogP contribution is 2.35. The summed E-state index contributed by atoms with van der Waals surface area (Å²) in [4.78, 5) is 18.4. The maximum absolute atomic E-state index is 12.4. The zero-order valence-electron chi connectivity index (χ0n) is 9.80. The lowest BCUT2D eigenvalue weighted by atomic mass is 10.2. The Hall–Kier alpha value is -1.58. The summed E-state index contributed by atoms with van der Waals surface area (Å²) >= 11 is 0. The topological polar surface area (TPSA) is 59.2 Å². The Balaban J connectivity index is 1.80. The van der Waals surface area contributed by atoms with Gasteiger partial charge in [0.05, 0.1) is 5.56 Å². The number of carbonyl (C=O) groups is 1. The highest BCUT2D eigenvalue weighted by molar-refractivity contribution is 5.98. The lowest BCUT2D eigenvalue weighted by Gasteiger charge is -2.22. The summed E-state index contributed by atoms with van der Waals surface area (Å²) < 4.78 is 0. The number of carbonyl (C=O) groups excluding carboxylic acids is 1. The fourth-order valence-electron chi connectivity index (χ4n) is 2.12. The fourth-order valence-corrected chi connectivity index (χ4v) is 2.12. The number of pyridine rings is 1. The van der Waals surface area contributed by atoms with Crippen molar-refractivity contribution in [2.45, 2.75) is 31.7 Å². The van der Waals surface area contributed by atoms with E-state index in [2.05, 4.69) is 4.98 Å². The second-order valence-corrected chi connectivity index (χ2v) is 5.07. The monoisotopic (exact) mass is 231 g/mol. The van der Waals surface area contributed by atoms with Crippen LogP contribution in [0.5, 0.6) is 0 Å². The van der Waals surface area contributed by atoms with Crippen LogP contribution in [0.15, 0.2) is 18.3 Å². The number of anilines is 1. The zero-order valence-corrected chi connectivity index (χ0v) is 9.80. The number of hydrogen-bond donors (Lipinski definition) is 1. The molecule has 17 heavy (non-hydrogen) atoms. The van der Waals surface area contributed by atoms with Crippen LogP contribution in [0.4, 0.5) is 5.82 Å². The lowest BCUT2D eigenvalue weighted by molar-refractivity contribution is 0.0735. The molecule has 1 amide bonds. The van der Waals surface area contributed by atoms with Gasteiger partial charge in [-0.05, 0) is 43.7 Å². The van der Waals surface area contributed by atoms with Crippen molar-refractivity contribution in [1.29, 1.82) is 0 Å². The minimum absolute atomic E-state index is 0.0602. The molecule has 2 saturated carbocycles. The molecule has 90 valence electrons. The second-order valence-electron chi connectivity index (χ2n) is 5.07. The molecule has 2 aliphatic carbocycles. The largest absolute Gasteiger partial charge is 0.383 e. The Morgan fingerprint density at radius 3 is 2.76 bits per heavy atom. The minimum Gasteiger partial charge on any atom is -0.383 e. The number of amides is 1. The van der Waals surface area contributed by atoms with Gasteiger partial charge in [-0.25, -0.2) is 4.98 Å². The van der Waals surface area contributed by atoms with Crippen molar-refractivity contribution in [1.82, 2.24) is 9.88 Å². The Bertz CT molecular complexity index is 438. The molecule has 1 aromatic rings. The van der Waals surface area contributed by atoms with Gasteiger partial charge in [0.1, 0.15) is 5.82 Å².